The van der Waals surface area contributed by atoms with Crippen LogP contribution < -0.4 is 0 Å². The van der Waals surface area contributed by atoms with Crippen LogP contribution in [0.25, 0.3) is 67.2 Å². The summed E-state index contributed by atoms with van der Waals surface area (Å²) in [5, 5.41) is 2.24. The topological polar surface area (TPSA) is 38.7 Å². The molecule has 4 heteroatoms. The Labute approximate surface area is 318 Å². The van der Waals surface area contributed by atoms with E-state index in [-0.39, 0.29) is 0 Å². The molecule has 0 atom stereocenters. The molecule has 0 N–H and O–H groups in total. The molecule has 0 amide bonds. The lowest BCUT2D eigenvalue weighted by Gasteiger charge is -2.40. The normalized spacial score (nSPS) is 13.3. The lowest BCUT2D eigenvalue weighted by Crippen LogP contribution is -2.32. The third-order valence-electron chi connectivity index (χ3n) is 11.0. The molecule has 0 unspecified atom stereocenters. The predicted molar refractivity (Wildman–Crippen MR) is 221 cm³/mol. The van der Waals surface area contributed by atoms with Crippen LogP contribution in [0.15, 0.2) is 198 Å². The van der Waals surface area contributed by atoms with Crippen LogP contribution in [0.3, 0.4) is 0 Å². The smallest absolute Gasteiger partial charge is 0.165 e. The average Bonchev–Trinajstić information content (AvgIpc) is 3.54. The first-order chi connectivity index (χ1) is 26.8. The molecule has 1 aromatic heterocycles. The van der Waals surface area contributed by atoms with Crippen molar-refractivity contribution in [1.29, 1.82) is 0 Å². The van der Waals surface area contributed by atoms with Crippen LogP contribution in [0.1, 0.15) is 22.3 Å². The van der Waals surface area contributed by atoms with Crippen molar-refractivity contribution in [3.63, 3.8) is 0 Å². The molecule has 0 radical (unpaired) electrons. The van der Waals surface area contributed by atoms with Crippen molar-refractivity contribution in [1.82, 2.24) is 15.0 Å². The number of hydrogen-bond donors (Lipinski definition) is 0. The molecule has 0 saturated carbocycles. The highest BCUT2D eigenvalue weighted by molar-refractivity contribution is 7.99. The predicted octanol–water partition coefficient (Wildman–Crippen LogP) is 12.5. The van der Waals surface area contributed by atoms with Gasteiger partial charge in [0.15, 0.2) is 17.5 Å². The fourth-order valence-corrected chi connectivity index (χ4v) is 9.87. The highest BCUT2D eigenvalue weighted by Crippen LogP contribution is 2.62. The Bertz CT molecular complexity index is 2820. The first-order valence-electron chi connectivity index (χ1n) is 18.3. The van der Waals surface area contributed by atoms with Crippen molar-refractivity contribution in [2.75, 3.05) is 0 Å². The summed E-state index contributed by atoms with van der Waals surface area (Å²) in [5.41, 5.74) is 12.5. The Balaban J connectivity index is 1.20. The zero-order valence-electron chi connectivity index (χ0n) is 29.1. The summed E-state index contributed by atoms with van der Waals surface area (Å²) in [5.74, 6) is 1.95. The van der Waals surface area contributed by atoms with Crippen LogP contribution >= 0.6 is 11.8 Å². The molecule has 2 heterocycles. The average molecular weight is 706 g/mol. The minimum Gasteiger partial charge on any atom is -0.208 e. The standard InChI is InChI=1S/C50H31N3S/c1-3-16-33(17-4-1)47-51-48(34-18-5-2-6-19-34)53-49(52-47)46-36-20-8-7-15-32(36)27-29-37(46)35-28-30-45-43(31-35)50(42-25-13-14-26-44(42)54-45)40-23-11-9-21-38(40)39-22-10-12-24-41(39)50/h1-31H. The fourth-order valence-electron chi connectivity index (χ4n) is 8.70. The van der Waals surface area contributed by atoms with Gasteiger partial charge in [-0.2, -0.15) is 0 Å². The van der Waals surface area contributed by atoms with Crippen LogP contribution in [0.5, 0.6) is 0 Å². The van der Waals surface area contributed by atoms with Crippen molar-refractivity contribution in [3.8, 4) is 56.4 Å². The number of benzene rings is 8. The van der Waals surface area contributed by atoms with E-state index < -0.39 is 5.41 Å². The molecular formula is C50H31N3S. The van der Waals surface area contributed by atoms with E-state index in [0.717, 1.165) is 38.6 Å². The van der Waals surface area contributed by atoms with Crippen molar-refractivity contribution < 1.29 is 0 Å². The van der Waals surface area contributed by atoms with Crippen LogP contribution in [-0.4, -0.2) is 15.0 Å². The fraction of sp³-hybridized carbons (Fsp3) is 0.0200. The van der Waals surface area contributed by atoms with Crippen molar-refractivity contribution in [2.45, 2.75) is 15.2 Å². The molecule has 0 saturated heterocycles. The van der Waals surface area contributed by atoms with Crippen molar-refractivity contribution >= 4 is 22.5 Å². The van der Waals surface area contributed by atoms with Gasteiger partial charge in [0.05, 0.1) is 5.41 Å². The maximum Gasteiger partial charge on any atom is 0.165 e. The molecule has 1 aliphatic carbocycles. The second kappa shape index (κ2) is 12.2. The second-order valence-electron chi connectivity index (χ2n) is 13.9. The van der Waals surface area contributed by atoms with Gasteiger partial charge in [0.2, 0.25) is 0 Å². The number of rotatable bonds is 4. The van der Waals surface area contributed by atoms with Crippen LogP contribution in [0, 0.1) is 0 Å². The van der Waals surface area contributed by atoms with E-state index in [1.807, 2.05) is 48.2 Å². The maximum absolute atomic E-state index is 5.26. The molecule has 0 bridgehead atoms. The van der Waals surface area contributed by atoms with Crippen LogP contribution in [0.2, 0.25) is 0 Å². The minimum absolute atomic E-state index is 0.467. The van der Waals surface area contributed by atoms with Gasteiger partial charge in [0, 0.05) is 26.5 Å². The summed E-state index contributed by atoms with van der Waals surface area (Å²) in [4.78, 5) is 18.1. The van der Waals surface area contributed by atoms with E-state index in [2.05, 4.69) is 152 Å². The molecule has 2 aliphatic rings. The molecule has 8 aromatic carbocycles. The summed E-state index contributed by atoms with van der Waals surface area (Å²) in [7, 11) is 0. The number of nitrogens with zero attached hydrogens (tertiary/aromatic N) is 3. The Morgan fingerprint density at radius 1 is 0.352 bits per heavy atom. The van der Waals surface area contributed by atoms with Gasteiger partial charge in [0.1, 0.15) is 0 Å². The third kappa shape index (κ3) is 4.60. The molecule has 1 aliphatic heterocycles. The summed E-state index contributed by atoms with van der Waals surface area (Å²) >= 11 is 1.87. The molecule has 252 valence electrons. The number of fused-ring (bicyclic) bond motifs is 10. The molecule has 9 aromatic rings. The molecule has 0 fully saturated rings. The van der Waals surface area contributed by atoms with E-state index in [9.17, 15) is 0 Å². The highest BCUT2D eigenvalue weighted by atomic mass is 32.2. The molecule has 1 spiro atoms. The summed E-state index contributed by atoms with van der Waals surface area (Å²) in [6, 6.07) is 67.4. The zero-order chi connectivity index (χ0) is 35.6. The van der Waals surface area contributed by atoms with Crippen LogP contribution in [0.4, 0.5) is 0 Å². The van der Waals surface area contributed by atoms with Crippen LogP contribution in [-0.2, 0) is 5.41 Å². The van der Waals surface area contributed by atoms with Gasteiger partial charge in [0.25, 0.3) is 0 Å². The number of aromatic nitrogens is 3. The SMILES string of the molecule is c1ccc(-c2nc(-c3ccccc3)nc(-c3c(-c4ccc5c(c4)C4(c6ccccc6S5)c5ccccc5-c5ccccc54)ccc4ccccc34)n2)cc1. The Morgan fingerprint density at radius 2 is 0.889 bits per heavy atom. The Kier molecular flexibility index (Phi) is 7.01. The molecule has 11 rings (SSSR count). The lowest BCUT2D eigenvalue weighted by molar-refractivity contribution is 0.723. The van der Waals surface area contributed by atoms with Crippen molar-refractivity contribution in [3.05, 3.63) is 210 Å². The third-order valence-corrected chi connectivity index (χ3v) is 12.2. The summed E-state index contributed by atoms with van der Waals surface area (Å²) in [6.07, 6.45) is 0. The molecule has 54 heavy (non-hydrogen) atoms. The first-order valence-corrected chi connectivity index (χ1v) is 19.1. The van der Waals surface area contributed by atoms with Gasteiger partial charge < -0.3 is 0 Å². The summed E-state index contributed by atoms with van der Waals surface area (Å²) in [6.45, 7) is 0. The minimum atomic E-state index is -0.467. The number of hydrogen-bond acceptors (Lipinski definition) is 4. The van der Waals surface area contributed by atoms with Gasteiger partial charge in [-0.25, -0.2) is 15.0 Å². The lowest BCUT2D eigenvalue weighted by atomic mass is 9.67. The highest BCUT2D eigenvalue weighted by Gasteiger charge is 2.50. The Hall–Kier alpha value is -6.62. The molecule has 3 nitrogen and oxygen atoms in total. The van der Waals surface area contributed by atoms with Gasteiger partial charge in [-0.1, -0.05) is 182 Å². The van der Waals surface area contributed by atoms with Crippen molar-refractivity contribution in [2.24, 2.45) is 0 Å². The zero-order valence-corrected chi connectivity index (χ0v) is 30.0. The van der Waals surface area contributed by atoms with Gasteiger partial charge in [-0.15, -0.1) is 0 Å². The second-order valence-corrected chi connectivity index (χ2v) is 15.0. The van der Waals surface area contributed by atoms with E-state index in [0.29, 0.717) is 17.5 Å². The van der Waals surface area contributed by atoms with Gasteiger partial charge >= 0.3 is 0 Å². The van der Waals surface area contributed by atoms with E-state index in [1.54, 1.807) is 0 Å². The first kappa shape index (κ1) is 31.0. The quantitative estimate of drug-likeness (QED) is 0.183. The Morgan fingerprint density at radius 3 is 1.57 bits per heavy atom. The van der Waals surface area contributed by atoms with Gasteiger partial charge in [-0.05, 0) is 73.5 Å². The largest absolute Gasteiger partial charge is 0.208 e. The monoisotopic (exact) mass is 705 g/mol. The van der Waals surface area contributed by atoms with E-state index >= 15 is 0 Å². The summed E-state index contributed by atoms with van der Waals surface area (Å²) < 4.78 is 0. The molecular weight excluding hydrogens is 675 g/mol. The van der Waals surface area contributed by atoms with Gasteiger partial charge in [-0.3, -0.25) is 0 Å². The maximum atomic E-state index is 5.26. The van der Waals surface area contributed by atoms with E-state index in [4.69, 9.17) is 15.0 Å². The van der Waals surface area contributed by atoms with E-state index in [1.165, 1.54) is 43.2 Å².